The van der Waals surface area contributed by atoms with Gasteiger partial charge in [-0.25, -0.2) is 0 Å². The van der Waals surface area contributed by atoms with E-state index in [0.29, 0.717) is 0 Å². The molecule has 1 heteroatoms. The minimum Gasteiger partial charge on any atom is -0.355 e. The Labute approximate surface area is 162 Å². The van der Waals surface area contributed by atoms with Crippen LogP contribution in [-0.4, -0.2) is 0 Å². The van der Waals surface area contributed by atoms with Crippen LogP contribution in [0, 0.1) is 13.8 Å². The Morgan fingerprint density at radius 1 is 0.778 bits per heavy atom. The van der Waals surface area contributed by atoms with Gasteiger partial charge in [-0.05, 0) is 49.1 Å². The summed E-state index contributed by atoms with van der Waals surface area (Å²) in [6.45, 7) is 10.7. The van der Waals surface area contributed by atoms with Crippen LogP contribution >= 0.6 is 0 Å². The van der Waals surface area contributed by atoms with E-state index < -0.39 is 0 Å². The number of aryl methyl sites for hydroxylation is 2. The fourth-order valence-electron chi connectivity index (χ4n) is 4.31. The molecule has 0 atom stereocenters. The SMILES string of the molecule is C=C1Nc2ccccc2C(c2ccc(C)cc2)(c2ccc(C)cc2)/C1=C/C. The molecule has 3 aromatic carbocycles. The molecule has 0 radical (unpaired) electrons. The Hall–Kier alpha value is -3.06. The predicted octanol–water partition coefficient (Wildman–Crippen LogP) is 6.52. The van der Waals surface area contributed by atoms with Crippen LogP contribution in [0.2, 0.25) is 0 Å². The van der Waals surface area contributed by atoms with Crippen molar-refractivity contribution >= 4 is 5.69 Å². The molecule has 27 heavy (non-hydrogen) atoms. The van der Waals surface area contributed by atoms with Crippen molar-refractivity contribution in [2.75, 3.05) is 5.32 Å². The van der Waals surface area contributed by atoms with Gasteiger partial charge in [0.2, 0.25) is 0 Å². The van der Waals surface area contributed by atoms with Gasteiger partial charge in [0.15, 0.2) is 0 Å². The Balaban J connectivity index is 2.15. The number of rotatable bonds is 2. The summed E-state index contributed by atoms with van der Waals surface area (Å²) in [6, 6.07) is 26.4. The topological polar surface area (TPSA) is 12.0 Å². The van der Waals surface area contributed by atoms with Crippen molar-refractivity contribution in [3.8, 4) is 0 Å². The van der Waals surface area contributed by atoms with Gasteiger partial charge in [0.25, 0.3) is 0 Å². The Morgan fingerprint density at radius 2 is 1.30 bits per heavy atom. The zero-order valence-corrected chi connectivity index (χ0v) is 16.2. The fraction of sp³-hybridized carbons (Fsp3) is 0.154. The first-order valence-electron chi connectivity index (χ1n) is 9.44. The maximum atomic E-state index is 4.37. The van der Waals surface area contributed by atoms with Crippen LogP contribution in [0.25, 0.3) is 0 Å². The van der Waals surface area contributed by atoms with Gasteiger partial charge in [-0.2, -0.15) is 0 Å². The number of hydrogen-bond acceptors (Lipinski definition) is 1. The minimum atomic E-state index is -0.380. The molecule has 0 aliphatic carbocycles. The highest BCUT2D eigenvalue weighted by Crippen LogP contribution is 2.52. The number of para-hydroxylation sites is 1. The van der Waals surface area contributed by atoms with Gasteiger partial charge in [0.05, 0.1) is 5.41 Å². The second-order valence-electron chi connectivity index (χ2n) is 7.33. The molecule has 1 aliphatic rings. The monoisotopic (exact) mass is 351 g/mol. The molecule has 0 bridgehead atoms. The summed E-state index contributed by atoms with van der Waals surface area (Å²) < 4.78 is 0. The molecule has 0 saturated heterocycles. The normalized spacial score (nSPS) is 16.7. The highest BCUT2D eigenvalue weighted by Gasteiger charge is 2.44. The van der Waals surface area contributed by atoms with Crippen LogP contribution in [0.3, 0.4) is 0 Å². The van der Waals surface area contributed by atoms with E-state index in [9.17, 15) is 0 Å². The third-order valence-corrected chi connectivity index (χ3v) is 5.60. The van der Waals surface area contributed by atoms with Crippen LogP contribution in [-0.2, 0) is 5.41 Å². The lowest BCUT2D eigenvalue weighted by Crippen LogP contribution is -2.37. The Morgan fingerprint density at radius 3 is 1.81 bits per heavy atom. The van der Waals surface area contributed by atoms with Crippen LogP contribution in [0.1, 0.15) is 34.7 Å². The molecule has 1 N–H and O–H groups in total. The molecule has 0 fully saturated rings. The van der Waals surface area contributed by atoms with Crippen molar-refractivity contribution in [1.82, 2.24) is 0 Å². The zero-order chi connectivity index (χ0) is 19.0. The van der Waals surface area contributed by atoms with Gasteiger partial charge >= 0.3 is 0 Å². The standard InChI is InChI=1S/C26H25N/c1-5-23-20(4)27-25-9-7-6-8-24(25)26(23,21-14-10-18(2)11-15-21)22-16-12-19(3)13-17-22/h5-17,27H,4H2,1-3H3/b23-5+. The molecule has 134 valence electrons. The number of benzene rings is 3. The molecule has 4 rings (SSSR count). The largest absolute Gasteiger partial charge is 0.355 e. The van der Waals surface area contributed by atoms with Crippen LogP contribution < -0.4 is 5.32 Å². The molecule has 3 aromatic rings. The summed E-state index contributed by atoms with van der Waals surface area (Å²) in [7, 11) is 0. The van der Waals surface area contributed by atoms with Gasteiger partial charge in [0.1, 0.15) is 0 Å². The van der Waals surface area contributed by atoms with Crippen molar-refractivity contribution in [2.45, 2.75) is 26.2 Å². The fourth-order valence-corrected chi connectivity index (χ4v) is 4.31. The highest BCUT2D eigenvalue weighted by atomic mass is 14.9. The molecule has 1 nitrogen and oxygen atoms in total. The highest BCUT2D eigenvalue weighted by molar-refractivity contribution is 5.77. The lowest BCUT2D eigenvalue weighted by Gasteiger charge is -2.44. The summed E-state index contributed by atoms with van der Waals surface area (Å²) in [6.07, 6.45) is 2.20. The lowest BCUT2D eigenvalue weighted by molar-refractivity contribution is 0.720. The van der Waals surface area contributed by atoms with Crippen LogP contribution in [0.15, 0.2) is 96.7 Å². The van der Waals surface area contributed by atoms with E-state index in [1.807, 2.05) is 0 Å². The maximum Gasteiger partial charge on any atom is 0.0738 e. The Bertz CT molecular complexity index is 975. The number of hydrogen-bond donors (Lipinski definition) is 1. The van der Waals surface area contributed by atoms with E-state index in [4.69, 9.17) is 0 Å². The van der Waals surface area contributed by atoms with Gasteiger partial charge in [0, 0.05) is 11.4 Å². The summed E-state index contributed by atoms with van der Waals surface area (Å²) in [5.74, 6) is 0. The van der Waals surface area contributed by atoms with Crippen LogP contribution in [0.5, 0.6) is 0 Å². The van der Waals surface area contributed by atoms with E-state index >= 15 is 0 Å². The van der Waals surface area contributed by atoms with Gasteiger partial charge < -0.3 is 5.32 Å². The predicted molar refractivity (Wildman–Crippen MR) is 115 cm³/mol. The van der Waals surface area contributed by atoms with Crippen molar-refractivity contribution in [2.24, 2.45) is 0 Å². The van der Waals surface area contributed by atoms with Crippen molar-refractivity contribution in [3.05, 3.63) is 125 Å². The van der Waals surface area contributed by atoms with Crippen molar-refractivity contribution < 1.29 is 0 Å². The molecular formula is C26H25N. The molecule has 1 heterocycles. The van der Waals surface area contributed by atoms with Gasteiger partial charge in [-0.15, -0.1) is 0 Å². The molecule has 0 spiro atoms. The lowest BCUT2D eigenvalue weighted by atomic mass is 9.62. The zero-order valence-electron chi connectivity index (χ0n) is 16.2. The molecule has 0 saturated carbocycles. The first-order valence-corrected chi connectivity index (χ1v) is 9.44. The maximum absolute atomic E-state index is 4.37. The minimum absolute atomic E-state index is 0.380. The average molecular weight is 351 g/mol. The van der Waals surface area contributed by atoms with E-state index in [1.54, 1.807) is 0 Å². The number of fused-ring (bicyclic) bond motifs is 1. The summed E-state index contributed by atoms with van der Waals surface area (Å²) in [4.78, 5) is 0. The van der Waals surface area contributed by atoms with Gasteiger partial charge in [-0.1, -0.05) is 90.5 Å². The van der Waals surface area contributed by atoms with Crippen LogP contribution in [0.4, 0.5) is 5.69 Å². The average Bonchev–Trinajstić information content (AvgIpc) is 2.68. The molecule has 0 unspecified atom stereocenters. The number of anilines is 1. The summed E-state index contributed by atoms with van der Waals surface area (Å²) in [5.41, 5.74) is 9.22. The third kappa shape index (κ3) is 2.62. The molecular weight excluding hydrogens is 326 g/mol. The van der Waals surface area contributed by atoms with Gasteiger partial charge in [-0.3, -0.25) is 0 Å². The van der Waals surface area contributed by atoms with Crippen molar-refractivity contribution in [3.63, 3.8) is 0 Å². The van der Waals surface area contributed by atoms with E-state index in [2.05, 4.69) is 112 Å². The smallest absolute Gasteiger partial charge is 0.0738 e. The molecule has 0 aromatic heterocycles. The number of allylic oxidation sites excluding steroid dienone is 2. The third-order valence-electron chi connectivity index (χ3n) is 5.60. The summed E-state index contributed by atoms with van der Waals surface area (Å²) in [5, 5.41) is 3.52. The first kappa shape index (κ1) is 17.4. The summed E-state index contributed by atoms with van der Waals surface area (Å²) >= 11 is 0. The second kappa shape index (κ2) is 6.59. The van der Waals surface area contributed by atoms with Crippen molar-refractivity contribution in [1.29, 1.82) is 0 Å². The quantitative estimate of drug-likeness (QED) is 0.554. The molecule has 1 aliphatic heterocycles. The first-order chi connectivity index (χ1) is 13.1. The van der Waals surface area contributed by atoms with E-state index in [-0.39, 0.29) is 5.41 Å². The number of nitrogens with one attached hydrogen (secondary N) is 1. The Kier molecular flexibility index (Phi) is 4.24. The van der Waals surface area contributed by atoms with E-state index in [0.717, 1.165) is 11.4 Å². The molecule has 0 amide bonds. The van der Waals surface area contributed by atoms with E-state index in [1.165, 1.54) is 33.4 Å². The second-order valence-corrected chi connectivity index (χ2v) is 7.33.